The van der Waals surface area contributed by atoms with Crippen LogP contribution in [-0.4, -0.2) is 84.9 Å². The Labute approximate surface area is 243 Å². The van der Waals surface area contributed by atoms with E-state index in [2.05, 4.69) is 0 Å². The Morgan fingerprint density at radius 1 is 0.974 bits per heavy atom. The van der Waals surface area contributed by atoms with Crippen LogP contribution in [0.1, 0.15) is 58.6 Å². The summed E-state index contributed by atoms with van der Waals surface area (Å²) in [6, 6.07) is 5.81. The number of hydrogen-bond donors (Lipinski definition) is 2. The number of benzene rings is 1. The number of ether oxygens (including phenoxy) is 2. The molecule has 2 amide bonds. The average molecular weight is 606 g/mol. The van der Waals surface area contributed by atoms with Crippen molar-refractivity contribution < 1.29 is 34.1 Å². The van der Waals surface area contributed by atoms with Gasteiger partial charge in [-0.15, -0.1) is 0 Å². The molecule has 2 atom stereocenters. The van der Waals surface area contributed by atoms with Crippen LogP contribution in [-0.2, 0) is 20.7 Å². The number of carbonyl (C=O) groups is 3. The van der Waals surface area contributed by atoms with Crippen molar-refractivity contribution in [3.63, 3.8) is 0 Å². The molecule has 9 nitrogen and oxygen atoms in total. The Hall–Kier alpha value is -2.20. The van der Waals surface area contributed by atoms with Gasteiger partial charge in [0.25, 0.3) is 0 Å². The smallest absolute Gasteiger partial charge is 0.411 e. The minimum absolute atomic E-state index is 0.0220. The molecule has 1 fully saturated rings. The van der Waals surface area contributed by atoms with Crippen molar-refractivity contribution in [3.8, 4) is 0 Å². The molecule has 3 rings (SSSR count). The van der Waals surface area contributed by atoms with E-state index in [1.165, 1.54) is 23.6 Å². The number of aryl methyl sites for hydroxylation is 1. The van der Waals surface area contributed by atoms with E-state index in [0.29, 0.717) is 24.0 Å². The summed E-state index contributed by atoms with van der Waals surface area (Å²) in [7, 11) is 0. The first kappa shape index (κ1) is 31.3. The Balaban J connectivity index is 2.05. The fourth-order valence-electron chi connectivity index (χ4n) is 4.69. The van der Waals surface area contributed by atoms with Crippen molar-refractivity contribution in [2.75, 3.05) is 19.7 Å². The van der Waals surface area contributed by atoms with Gasteiger partial charge in [0.05, 0.1) is 17.7 Å². The minimum atomic E-state index is -1.94. The van der Waals surface area contributed by atoms with Gasteiger partial charge in [-0.05, 0) is 70.6 Å². The molecule has 1 saturated heterocycles. The van der Waals surface area contributed by atoms with Crippen LogP contribution in [0.2, 0.25) is 0 Å². The van der Waals surface area contributed by atoms with E-state index in [0.717, 1.165) is 5.56 Å². The Morgan fingerprint density at radius 2 is 1.59 bits per heavy atom. The van der Waals surface area contributed by atoms with Gasteiger partial charge in [-0.25, -0.2) is 14.4 Å². The molecule has 0 saturated carbocycles. The fraction of sp³-hybridized carbons (Fsp3) is 0.593. The third-order valence-corrected chi connectivity index (χ3v) is 8.06. The van der Waals surface area contributed by atoms with Crippen molar-refractivity contribution >= 4 is 58.5 Å². The Bertz CT molecular complexity index is 1120. The maximum atomic E-state index is 13.5. The number of hydrogen-bond acceptors (Lipinski definition) is 6. The summed E-state index contributed by atoms with van der Waals surface area (Å²) < 4.78 is 9.19. The molecule has 0 unspecified atom stereocenters. The quantitative estimate of drug-likeness (QED) is 0.416. The van der Waals surface area contributed by atoms with Gasteiger partial charge in [0.2, 0.25) is 3.79 Å². The van der Waals surface area contributed by atoms with Crippen LogP contribution in [0.25, 0.3) is 5.57 Å². The second-order valence-electron chi connectivity index (χ2n) is 11.3. The van der Waals surface area contributed by atoms with Crippen LogP contribution in [0.3, 0.4) is 0 Å². The second kappa shape index (κ2) is 11.7. The first-order valence-electron chi connectivity index (χ1n) is 12.7. The third-order valence-electron chi connectivity index (χ3n) is 6.70. The molecule has 0 aliphatic carbocycles. The standard InChI is InChI=1S/C27H35Cl3N2O7/c1-25(2,3)38-23(36)31-14-18-13-19(17-10-8-16(9-11-17)7-6-12-33)21(22(34)35)20(15-31)32(18)24(37)39-26(4,5)27(28,29)30/h8-11,18,20,33H,6-7,12-15H2,1-5H3,(H,34,35)/t18-,20-/m1/s1. The van der Waals surface area contributed by atoms with E-state index in [-0.39, 0.29) is 31.7 Å². The highest BCUT2D eigenvalue weighted by molar-refractivity contribution is 6.68. The molecule has 216 valence electrons. The molecule has 12 heteroatoms. The molecule has 0 aromatic heterocycles. The molecule has 0 radical (unpaired) electrons. The molecule has 1 aromatic carbocycles. The van der Waals surface area contributed by atoms with E-state index < -0.39 is 45.2 Å². The van der Waals surface area contributed by atoms with Gasteiger partial charge in [0, 0.05) is 19.7 Å². The predicted molar refractivity (Wildman–Crippen MR) is 149 cm³/mol. The number of aliphatic hydroxyl groups is 1. The molecule has 2 heterocycles. The molecule has 2 aliphatic rings. The number of aliphatic carboxylic acids is 1. The SMILES string of the molecule is CC(C)(C)OC(=O)N1C[C@H]2CC(c3ccc(CCCO)cc3)=C(C(=O)O)[C@@H](C1)N2C(=O)OC(C)(C)C(Cl)(Cl)Cl. The number of carboxylic acid groups (broad SMARTS) is 1. The van der Waals surface area contributed by atoms with Gasteiger partial charge >= 0.3 is 18.2 Å². The van der Waals surface area contributed by atoms with Crippen LogP contribution in [0.4, 0.5) is 9.59 Å². The van der Waals surface area contributed by atoms with Crippen molar-refractivity contribution in [3.05, 3.63) is 41.0 Å². The molecule has 2 bridgehead atoms. The number of aliphatic hydroxyl groups excluding tert-OH is 1. The number of nitrogens with zero attached hydrogens (tertiary/aromatic N) is 2. The Morgan fingerprint density at radius 3 is 2.10 bits per heavy atom. The van der Waals surface area contributed by atoms with Crippen LogP contribution in [0.5, 0.6) is 0 Å². The molecule has 0 spiro atoms. The molecule has 2 aliphatic heterocycles. The van der Waals surface area contributed by atoms with E-state index in [4.69, 9.17) is 49.4 Å². The Kier molecular flexibility index (Phi) is 9.42. The van der Waals surface area contributed by atoms with Crippen molar-refractivity contribution in [1.82, 2.24) is 9.80 Å². The number of halogens is 3. The van der Waals surface area contributed by atoms with Gasteiger partial charge in [-0.2, -0.15) is 0 Å². The molecule has 2 N–H and O–H groups in total. The number of amides is 2. The van der Waals surface area contributed by atoms with Gasteiger partial charge in [0.15, 0.2) is 5.60 Å². The maximum absolute atomic E-state index is 13.5. The highest BCUT2D eigenvalue weighted by atomic mass is 35.6. The lowest BCUT2D eigenvalue weighted by Gasteiger charge is -2.50. The van der Waals surface area contributed by atoms with Crippen LogP contribution in [0.15, 0.2) is 29.8 Å². The lowest BCUT2D eigenvalue weighted by atomic mass is 9.82. The first-order valence-corrected chi connectivity index (χ1v) is 13.8. The lowest BCUT2D eigenvalue weighted by molar-refractivity contribution is -0.134. The summed E-state index contributed by atoms with van der Waals surface area (Å²) in [6.07, 6.45) is 0.0118. The summed E-state index contributed by atoms with van der Waals surface area (Å²) in [4.78, 5) is 41.9. The van der Waals surface area contributed by atoms with Crippen molar-refractivity contribution in [2.45, 2.75) is 81.0 Å². The second-order valence-corrected chi connectivity index (χ2v) is 13.5. The maximum Gasteiger partial charge on any atom is 0.411 e. The normalized spacial score (nSPS) is 20.1. The third kappa shape index (κ3) is 7.31. The van der Waals surface area contributed by atoms with E-state index in [1.54, 1.807) is 20.8 Å². The molecular formula is C27H35Cl3N2O7. The van der Waals surface area contributed by atoms with Crippen LogP contribution >= 0.6 is 34.8 Å². The van der Waals surface area contributed by atoms with E-state index in [9.17, 15) is 19.5 Å². The first-order chi connectivity index (χ1) is 17.9. The zero-order valence-electron chi connectivity index (χ0n) is 22.7. The van der Waals surface area contributed by atoms with Crippen molar-refractivity contribution in [2.24, 2.45) is 0 Å². The summed E-state index contributed by atoms with van der Waals surface area (Å²) >= 11 is 18.1. The van der Waals surface area contributed by atoms with Crippen molar-refractivity contribution in [1.29, 1.82) is 0 Å². The van der Waals surface area contributed by atoms with Crippen LogP contribution < -0.4 is 0 Å². The monoisotopic (exact) mass is 604 g/mol. The molecule has 39 heavy (non-hydrogen) atoms. The summed E-state index contributed by atoms with van der Waals surface area (Å²) in [5.41, 5.74) is -0.0190. The number of rotatable bonds is 6. The number of fused-ring (bicyclic) bond motifs is 2. The van der Waals surface area contributed by atoms with Gasteiger partial charge in [-0.3, -0.25) is 4.90 Å². The van der Waals surface area contributed by atoms with Gasteiger partial charge in [0.1, 0.15) is 5.60 Å². The van der Waals surface area contributed by atoms with Gasteiger partial charge in [-0.1, -0.05) is 59.1 Å². The fourth-order valence-corrected chi connectivity index (χ4v) is 4.81. The minimum Gasteiger partial charge on any atom is -0.478 e. The summed E-state index contributed by atoms with van der Waals surface area (Å²) in [6.45, 7) is 8.17. The molecule has 1 aromatic rings. The lowest BCUT2D eigenvalue weighted by Crippen LogP contribution is -2.65. The number of alkyl halides is 3. The average Bonchev–Trinajstić information content (AvgIpc) is 2.79. The van der Waals surface area contributed by atoms with Gasteiger partial charge < -0.3 is 24.6 Å². The molecular weight excluding hydrogens is 571 g/mol. The summed E-state index contributed by atoms with van der Waals surface area (Å²) in [5, 5.41) is 19.5. The number of piperazine rings is 1. The summed E-state index contributed by atoms with van der Waals surface area (Å²) in [5.74, 6) is -1.22. The zero-order chi connectivity index (χ0) is 29.3. The zero-order valence-corrected chi connectivity index (χ0v) is 24.9. The number of carboxylic acids is 1. The van der Waals surface area contributed by atoms with Crippen LogP contribution in [0, 0.1) is 0 Å². The van der Waals surface area contributed by atoms with E-state index >= 15 is 0 Å². The highest BCUT2D eigenvalue weighted by Gasteiger charge is 2.51. The predicted octanol–water partition coefficient (Wildman–Crippen LogP) is 5.43. The van der Waals surface area contributed by atoms with E-state index in [1.807, 2.05) is 24.3 Å². The largest absolute Gasteiger partial charge is 0.478 e. The highest BCUT2D eigenvalue weighted by Crippen LogP contribution is 2.43. The number of carbonyl (C=O) groups excluding carboxylic acids is 2. The topological polar surface area (TPSA) is 117 Å².